The molecule has 3 heterocycles. The second-order valence-electron chi connectivity index (χ2n) is 12.0. The number of hydrogen-bond donors (Lipinski definition) is 14. The average Bonchev–Trinajstić information content (AvgIpc) is 3.12. The Labute approximate surface area is 291 Å². The molecule has 0 aromatic carbocycles. The standard InChI is InChI=1S/C28H51N3O20/c32-9-12-17(37)20(40)23(43)26(49-12)46-4-1-30-15(35)7-29-8-16(36)31(2-5-47-27-24(44)21(41)18(38)13(10-33)50-27)3-6-48-28-25(45)22(42)19(39)14(11-34)51-28/h12-14,17-29,32-34,37-45H,1-11H2,(H,30,35)/t12-,13-,14-,17-,18-,19-,20+,21+,22+,23+,24+,25+,26+,27+,28+/m1/s1. The summed E-state index contributed by atoms with van der Waals surface area (Å²) in [7, 11) is 0. The third kappa shape index (κ3) is 11.8. The second kappa shape index (κ2) is 21.2. The first-order chi connectivity index (χ1) is 24.2. The first-order valence-corrected chi connectivity index (χ1v) is 16.3. The topological polar surface area (TPSA) is 360 Å². The number of nitrogens with zero attached hydrogens (tertiary/aromatic N) is 1. The minimum absolute atomic E-state index is 0.0831. The number of nitrogens with one attached hydrogen (secondary N) is 2. The fraction of sp³-hybridized carbons (Fsp3) is 0.929. The molecule has 14 N–H and O–H groups in total. The Bertz CT molecular complexity index is 1000. The Kier molecular flexibility index (Phi) is 18.1. The quantitative estimate of drug-likeness (QED) is 0.0545. The molecule has 0 aromatic rings. The van der Waals surface area contributed by atoms with Crippen LogP contribution in [0.1, 0.15) is 0 Å². The van der Waals surface area contributed by atoms with Crippen molar-refractivity contribution in [2.75, 3.05) is 72.4 Å². The lowest BCUT2D eigenvalue weighted by Gasteiger charge is -2.40. The number of carbonyl (C=O) groups excluding carboxylic acids is 2. The van der Waals surface area contributed by atoms with Gasteiger partial charge in [-0.2, -0.15) is 0 Å². The minimum Gasteiger partial charge on any atom is -0.394 e. The van der Waals surface area contributed by atoms with Crippen LogP contribution in [-0.2, 0) is 38.0 Å². The molecule has 0 radical (unpaired) electrons. The smallest absolute Gasteiger partial charge is 0.236 e. The Hall–Kier alpha value is -1.82. The fourth-order valence-electron chi connectivity index (χ4n) is 5.36. The molecular formula is C28H51N3O20. The number of carbonyl (C=O) groups is 2. The van der Waals surface area contributed by atoms with E-state index in [2.05, 4.69) is 10.6 Å². The molecule has 3 aliphatic rings. The van der Waals surface area contributed by atoms with E-state index in [-0.39, 0.29) is 46.0 Å². The summed E-state index contributed by atoms with van der Waals surface area (Å²) in [5, 5.41) is 123. The van der Waals surface area contributed by atoms with E-state index < -0.39 is 130 Å². The molecule has 0 bridgehead atoms. The third-order valence-electron chi connectivity index (χ3n) is 8.45. The van der Waals surface area contributed by atoms with Crippen LogP contribution in [0.4, 0.5) is 0 Å². The highest BCUT2D eigenvalue weighted by Crippen LogP contribution is 2.24. The number of rotatable bonds is 19. The summed E-state index contributed by atoms with van der Waals surface area (Å²) in [4.78, 5) is 26.6. The van der Waals surface area contributed by atoms with Gasteiger partial charge >= 0.3 is 0 Å². The Morgan fingerprint density at radius 3 is 1.27 bits per heavy atom. The van der Waals surface area contributed by atoms with Gasteiger partial charge in [-0.05, 0) is 0 Å². The molecule has 23 heteroatoms. The Balaban J connectivity index is 1.48. The zero-order valence-corrected chi connectivity index (χ0v) is 27.5. The summed E-state index contributed by atoms with van der Waals surface area (Å²) >= 11 is 0. The van der Waals surface area contributed by atoms with E-state index in [1.165, 1.54) is 4.90 Å². The van der Waals surface area contributed by atoms with Gasteiger partial charge in [0.1, 0.15) is 73.2 Å². The van der Waals surface area contributed by atoms with Gasteiger partial charge in [0, 0.05) is 19.6 Å². The second-order valence-corrected chi connectivity index (χ2v) is 12.0. The zero-order valence-electron chi connectivity index (χ0n) is 27.5. The van der Waals surface area contributed by atoms with E-state index in [0.29, 0.717) is 0 Å². The summed E-state index contributed by atoms with van der Waals surface area (Å²) in [6.45, 7) is -4.00. The molecule has 0 aromatic heterocycles. The third-order valence-corrected chi connectivity index (χ3v) is 8.45. The first kappa shape index (κ1) is 43.6. The van der Waals surface area contributed by atoms with Crippen LogP contribution in [0.5, 0.6) is 0 Å². The minimum atomic E-state index is -1.69. The molecule has 0 unspecified atom stereocenters. The van der Waals surface area contributed by atoms with Gasteiger partial charge in [0.05, 0.1) is 52.7 Å². The van der Waals surface area contributed by atoms with E-state index in [1.54, 1.807) is 0 Å². The summed E-state index contributed by atoms with van der Waals surface area (Å²) < 4.78 is 32.0. The monoisotopic (exact) mass is 749 g/mol. The van der Waals surface area contributed by atoms with Crippen LogP contribution in [0.25, 0.3) is 0 Å². The van der Waals surface area contributed by atoms with Gasteiger partial charge in [0.25, 0.3) is 0 Å². The van der Waals surface area contributed by atoms with Crippen molar-refractivity contribution in [3.63, 3.8) is 0 Å². The number of amides is 2. The van der Waals surface area contributed by atoms with Gasteiger partial charge in [-0.3, -0.25) is 14.9 Å². The van der Waals surface area contributed by atoms with Crippen LogP contribution < -0.4 is 10.6 Å². The molecule has 23 nitrogen and oxygen atoms in total. The van der Waals surface area contributed by atoms with E-state index in [4.69, 9.17) is 28.4 Å². The van der Waals surface area contributed by atoms with E-state index >= 15 is 0 Å². The maximum atomic E-state index is 13.1. The SMILES string of the molecule is O=C(CNCC(=O)N(CCO[C@H]1O[C@H](CO)[C@@H](O)[C@H](O)[C@@H]1O)CCO[C@H]1O[C@H](CO)[C@@H](O)[C@H](O)[C@@H]1O)NCCO[C@H]1O[C@H](CO)[C@@H](O)[C@H](O)[C@@H]1O. The lowest BCUT2D eigenvalue weighted by Crippen LogP contribution is -2.59. The Morgan fingerprint density at radius 2 is 0.902 bits per heavy atom. The highest BCUT2D eigenvalue weighted by Gasteiger charge is 2.46. The van der Waals surface area contributed by atoms with Crippen molar-refractivity contribution in [2.24, 2.45) is 0 Å². The summed E-state index contributed by atoms with van der Waals surface area (Å²) in [5.74, 6) is -1.16. The highest BCUT2D eigenvalue weighted by atomic mass is 16.7. The number of hydrogen-bond acceptors (Lipinski definition) is 21. The van der Waals surface area contributed by atoms with Gasteiger partial charge in [-0.25, -0.2) is 0 Å². The molecule has 2 amide bonds. The largest absolute Gasteiger partial charge is 0.394 e. The summed E-state index contributed by atoms with van der Waals surface area (Å²) in [5.41, 5.74) is 0. The molecular weight excluding hydrogens is 698 g/mol. The van der Waals surface area contributed by atoms with Crippen LogP contribution >= 0.6 is 0 Å². The van der Waals surface area contributed by atoms with E-state index in [9.17, 15) is 70.9 Å². The predicted octanol–water partition coefficient (Wildman–Crippen LogP) is -10.0. The van der Waals surface area contributed by atoms with Crippen molar-refractivity contribution >= 4 is 11.8 Å². The fourth-order valence-corrected chi connectivity index (χ4v) is 5.36. The van der Waals surface area contributed by atoms with Crippen LogP contribution in [0, 0.1) is 0 Å². The van der Waals surface area contributed by atoms with Crippen molar-refractivity contribution in [3.8, 4) is 0 Å². The maximum Gasteiger partial charge on any atom is 0.236 e. The zero-order chi connectivity index (χ0) is 37.8. The van der Waals surface area contributed by atoms with Crippen LogP contribution in [0.15, 0.2) is 0 Å². The molecule has 3 aliphatic heterocycles. The van der Waals surface area contributed by atoms with Gasteiger partial charge < -0.3 is 99.9 Å². The molecule has 0 saturated carbocycles. The van der Waals surface area contributed by atoms with Crippen LogP contribution in [-0.4, -0.2) is 242 Å². The van der Waals surface area contributed by atoms with Crippen LogP contribution in [0.2, 0.25) is 0 Å². The van der Waals surface area contributed by atoms with Gasteiger partial charge in [0.15, 0.2) is 18.9 Å². The predicted molar refractivity (Wildman–Crippen MR) is 162 cm³/mol. The van der Waals surface area contributed by atoms with Gasteiger partial charge in [-0.15, -0.1) is 0 Å². The molecule has 0 spiro atoms. The Morgan fingerprint density at radius 1 is 0.529 bits per heavy atom. The average molecular weight is 750 g/mol. The van der Waals surface area contributed by atoms with Gasteiger partial charge in [0.2, 0.25) is 11.8 Å². The normalized spacial score (nSPS) is 38.7. The molecule has 3 saturated heterocycles. The number of aliphatic hydroxyl groups is 12. The van der Waals surface area contributed by atoms with E-state index in [0.717, 1.165) is 0 Å². The van der Waals surface area contributed by atoms with E-state index in [1.807, 2.05) is 0 Å². The van der Waals surface area contributed by atoms with Crippen molar-refractivity contribution in [1.29, 1.82) is 0 Å². The number of aliphatic hydroxyl groups excluding tert-OH is 12. The summed E-state index contributed by atoms with van der Waals surface area (Å²) in [6, 6.07) is 0. The molecule has 3 rings (SSSR count). The van der Waals surface area contributed by atoms with Crippen molar-refractivity contribution in [3.05, 3.63) is 0 Å². The molecule has 51 heavy (non-hydrogen) atoms. The van der Waals surface area contributed by atoms with Gasteiger partial charge in [-0.1, -0.05) is 0 Å². The van der Waals surface area contributed by atoms with Crippen molar-refractivity contribution in [2.45, 2.75) is 92.1 Å². The first-order valence-electron chi connectivity index (χ1n) is 16.3. The highest BCUT2D eigenvalue weighted by molar-refractivity contribution is 5.81. The van der Waals surface area contributed by atoms with Crippen molar-refractivity contribution < 1.29 is 99.3 Å². The van der Waals surface area contributed by atoms with Crippen LogP contribution in [0.3, 0.4) is 0 Å². The molecule has 15 atom stereocenters. The lowest BCUT2D eigenvalue weighted by atomic mass is 9.99. The molecule has 0 aliphatic carbocycles. The molecule has 3 fully saturated rings. The molecule has 298 valence electrons. The maximum absolute atomic E-state index is 13.1. The lowest BCUT2D eigenvalue weighted by molar-refractivity contribution is -0.303. The summed E-state index contributed by atoms with van der Waals surface area (Å²) in [6.07, 6.45) is -22.7. The number of ether oxygens (including phenoxy) is 6. The van der Waals surface area contributed by atoms with Crippen molar-refractivity contribution in [1.82, 2.24) is 15.5 Å².